The van der Waals surface area contributed by atoms with Crippen molar-refractivity contribution in [2.45, 2.75) is 13.1 Å². The number of imide groups is 1. The first kappa shape index (κ1) is 28.9. The van der Waals surface area contributed by atoms with E-state index in [2.05, 4.69) is 36.1 Å². The number of nitrogens with zero attached hydrogens (tertiary/aromatic N) is 4. The molecule has 1 aromatic carbocycles. The van der Waals surface area contributed by atoms with Gasteiger partial charge in [-0.3, -0.25) is 19.8 Å². The van der Waals surface area contributed by atoms with Gasteiger partial charge in [0.1, 0.15) is 5.69 Å². The first-order valence-electron chi connectivity index (χ1n) is 10.0. The van der Waals surface area contributed by atoms with Crippen LogP contribution >= 0.6 is 39.1 Å². The Balaban J connectivity index is 2.07. The number of carbonyl (C=O) groups is 4. The lowest BCUT2D eigenvalue weighted by atomic mass is 10.1. The Morgan fingerprint density at radius 3 is 2.39 bits per heavy atom. The molecule has 0 bridgehead atoms. The van der Waals surface area contributed by atoms with E-state index in [-0.39, 0.29) is 36.6 Å². The van der Waals surface area contributed by atoms with Gasteiger partial charge in [-0.15, -0.1) is 0 Å². The average molecular weight is 638 g/mol. The number of hydrogen-bond donors (Lipinski definition) is 2. The smallest absolute Gasteiger partial charge is 0.435 e. The van der Waals surface area contributed by atoms with Gasteiger partial charge in [0, 0.05) is 28.7 Å². The maximum atomic E-state index is 13.4. The molecular formula is C21H14BrCl2F3N6O5. The van der Waals surface area contributed by atoms with Crippen molar-refractivity contribution in [2.24, 2.45) is 0 Å². The second kappa shape index (κ2) is 11.4. The predicted molar refractivity (Wildman–Crippen MR) is 131 cm³/mol. The molecule has 3 rings (SSSR count). The molecule has 2 heterocycles. The van der Waals surface area contributed by atoms with Gasteiger partial charge < -0.3 is 10.1 Å². The van der Waals surface area contributed by atoms with E-state index in [1.807, 2.05) is 5.43 Å². The molecule has 0 radical (unpaired) electrons. The first-order valence-corrected chi connectivity index (χ1v) is 11.6. The maximum absolute atomic E-state index is 13.4. The lowest BCUT2D eigenvalue weighted by molar-refractivity contribution is -0.141. The fourth-order valence-corrected chi connectivity index (χ4v) is 4.05. The van der Waals surface area contributed by atoms with Crippen LogP contribution in [0.5, 0.6) is 0 Å². The van der Waals surface area contributed by atoms with Gasteiger partial charge in [0.15, 0.2) is 11.5 Å². The second-order valence-corrected chi connectivity index (χ2v) is 8.86. The molecule has 38 heavy (non-hydrogen) atoms. The second-order valence-electron chi connectivity index (χ2n) is 7.16. The van der Waals surface area contributed by atoms with Gasteiger partial charge in [-0.05, 0) is 40.2 Å². The number of halogens is 6. The highest BCUT2D eigenvalue weighted by Crippen LogP contribution is 2.33. The SMILES string of the molecule is COC(=O)N(NC(=O)c1cc(Cl)cc(Br)c1NC(=O)c1cc(C(F)(F)F)nn1-c1ncccc1Cl)C(C)=O. The molecule has 3 aromatic rings. The molecule has 0 fully saturated rings. The van der Waals surface area contributed by atoms with Gasteiger partial charge in [0.2, 0.25) is 5.91 Å². The topological polar surface area (TPSA) is 136 Å². The van der Waals surface area contributed by atoms with Crippen LogP contribution in [0.15, 0.2) is 41.0 Å². The number of alkyl halides is 3. The summed E-state index contributed by atoms with van der Waals surface area (Å²) in [7, 11) is 0.970. The molecular weight excluding hydrogens is 624 g/mol. The molecule has 2 N–H and O–H groups in total. The highest BCUT2D eigenvalue weighted by Gasteiger charge is 2.37. The van der Waals surface area contributed by atoms with Crippen molar-refractivity contribution in [1.29, 1.82) is 0 Å². The Kier molecular flexibility index (Phi) is 8.64. The number of pyridine rings is 1. The van der Waals surface area contributed by atoms with Crippen molar-refractivity contribution in [3.63, 3.8) is 0 Å². The van der Waals surface area contributed by atoms with Gasteiger partial charge in [-0.25, -0.2) is 14.5 Å². The predicted octanol–water partition coefficient (Wildman–Crippen LogP) is 4.87. The molecule has 0 aliphatic carbocycles. The molecule has 0 unspecified atom stereocenters. The normalized spacial score (nSPS) is 11.1. The number of hydrazine groups is 1. The van der Waals surface area contributed by atoms with E-state index in [0.29, 0.717) is 10.7 Å². The van der Waals surface area contributed by atoms with Crippen molar-refractivity contribution in [2.75, 3.05) is 12.4 Å². The minimum absolute atomic E-state index is 0.00265. The number of nitrogens with one attached hydrogen (secondary N) is 2. The Morgan fingerprint density at radius 1 is 1.13 bits per heavy atom. The third-order valence-electron chi connectivity index (χ3n) is 4.60. The third kappa shape index (κ3) is 6.23. The molecule has 4 amide bonds. The molecule has 200 valence electrons. The fourth-order valence-electron chi connectivity index (χ4n) is 2.94. The highest BCUT2D eigenvalue weighted by molar-refractivity contribution is 9.10. The summed E-state index contributed by atoms with van der Waals surface area (Å²) in [5.41, 5.74) is -0.672. The van der Waals surface area contributed by atoms with Crippen LogP contribution in [0.1, 0.15) is 33.5 Å². The standard InChI is InChI=1S/C21H14BrCl2F3N6O5/c1-9(34)32(20(37)38-2)31-18(35)11-6-10(23)7-12(22)16(11)29-19(36)14-8-15(21(25,26)27)30-33(14)17-13(24)4-3-5-28-17/h3-8H,1-2H3,(H,29,36)(H,31,35). The molecule has 0 atom stereocenters. The van der Waals surface area contributed by atoms with E-state index in [1.165, 1.54) is 24.4 Å². The zero-order valence-corrected chi connectivity index (χ0v) is 22.2. The number of methoxy groups -OCH3 is 1. The molecule has 11 nitrogen and oxygen atoms in total. The summed E-state index contributed by atoms with van der Waals surface area (Å²) >= 11 is 15.2. The Hall–Kier alpha value is -3.69. The maximum Gasteiger partial charge on any atom is 0.435 e. The summed E-state index contributed by atoms with van der Waals surface area (Å²) in [4.78, 5) is 53.7. The number of ether oxygens (including phenoxy) is 1. The van der Waals surface area contributed by atoms with Crippen LogP contribution in [0.25, 0.3) is 5.82 Å². The van der Waals surface area contributed by atoms with Gasteiger partial charge in [0.25, 0.3) is 11.8 Å². The van der Waals surface area contributed by atoms with E-state index in [4.69, 9.17) is 23.2 Å². The van der Waals surface area contributed by atoms with Crippen LogP contribution in [-0.4, -0.2) is 50.7 Å². The largest absolute Gasteiger partial charge is 0.451 e. The van der Waals surface area contributed by atoms with Crippen molar-refractivity contribution >= 4 is 68.6 Å². The zero-order valence-electron chi connectivity index (χ0n) is 19.1. The first-order chi connectivity index (χ1) is 17.7. The fraction of sp³-hybridized carbons (Fsp3) is 0.143. The van der Waals surface area contributed by atoms with Gasteiger partial charge in [0.05, 0.1) is 23.4 Å². The van der Waals surface area contributed by atoms with E-state index in [1.54, 1.807) is 0 Å². The summed E-state index contributed by atoms with van der Waals surface area (Å²) in [5.74, 6) is -3.42. The van der Waals surface area contributed by atoms with E-state index < -0.39 is 41.4 Å². The van der Waals surface area contributed by atoms with Crippen LogP contribution in [-0.2, 0) is 15.7 Å². The van der Waals surface area contributed by atoms with Gasteiger partial charge >= 0.3 is 12.3 Å². The summed E-state index contributed by atoms with van der Waals surface area (Å²) in [6.45, 7) is 0.968. The molecule has 0 saturated carbocycles. The van der Waals surface area contributed by atoms with E-state index >= 15 is 0 Å². The van der Waals surface area contributed by atoms with Gasteiger partial charge in [-0.1, -0.05) is 23.2 Å². The number of rotatable bonds is 4. The lowest BCUT2D eigenvalue weighted by Crippen LogP contribution is -2.49. The van der Waals surface area contributed by atoms with Crippen molar-refractivity contribution in [3.8, 4) is 5.82 Å². The Labute approximate surface area is 229 Å². The summed E-state index contributed by atoms with van der Waals surface area (Å²) in [6.07, 6.45) is -4.90. The quantitative estimate of drug-likeness (QED) is 0.390. The number of benzene rings is 1. The summed E-state index contributed by atoms with van der Waals surface area (Å²) in [6, 6.07) is 5.60. The van der Waals surface area contributed by atoms with Crippen LogP contribution in [0, 0.1) is 0 Å². The lowest BCUT2D eigenvalue weighted by Gasteiger charge is -2.20. The number of carbonyl (C=O) groups excluding carboxylic acids is 4. The van der Waals surface area contributed by atoms with Crippen molar-refractivity contribution in [3.05, 3.63) is 68.0 Å². The van der Waals surface area contributed by atoms with E-state index in [0.717, 1.165) is 20.1 Å². The number of aromatic nitrogens is 3. The number of anilines is 1. The third-order valence-corrected chi connectivity index (χ3v) is 5.73. The molecule has 0 aliphatic heterocycles. The van der Waals surface area contributed by atoms with Crippen molar-refractivity contribution < 1.29 is 37.1 Å². The molecule has 0 saturated heterocycles. The minimum Gasteiger partial charge on any atom is -0.451 e. The zero-order chi connectivity index (χ0) is 28.4. The van der Waals surface area contributed by atoms with Crippen LogP contribution in [0.2, 0.25) is 10.0 Å². The minimum atomic E-state index is -4.92. The van der Waals surface area contributed by atoms with Gasteiger partial charge in [-0.2, -0.15) is 23.3 Å². The van der Waals surface area contributed by atoms with Crippen LogP contribution in [0.3, 0.4) is 0 Å². The molecule has 17 heteroatoms. The van der Waals surface area contributed by atoms with E-state index in [9.17, 15) is 32.3 Å². The van der Waals surface area contributed by atoms with Crippen molar-refractivity contribution in [1.82, 2.24) is 25.2 Å². The number of hydrogen-bond acceptors (Lipinski definition) is 7. The number of amides is 4. The Morgan fingerprint density at radius 2 is 1.82 bits per heavy atom. The van der Waals surface area contributed by atoms with Crippen LogP contribution in [0.4, 0.5) is 23.7 Å². The molecule has 2 aromatic heterocycles. The average Bonchev–Trinajstić information content (AvgIpc) is 3.29. The summed E-state index contributed by atoms with van der Waals surface area (Å²) in [5, 5.41) is 5.91. The molecule has 0 aliphatic rings. The highest BCUT2D eigenvalue weighted by atomic mass is 79.9. The molecule has 0 spiro atoms. The Bertz CT molecular complexity index is 1450. The van der Waals surface area contributed by atoms with Crippen LogP contribution < -0.4 is 10.7 Å². The summed E-state index contributed by atoms with van der Waals surface area (Å²) < 4.78 is 45.4. The monoisotopic (exact) mass is 636 g/mol.